The summed E-state index contributed by atoms with van der Waals surface area (Å²) in [6.07, 6.45) is 0.815. The summed E-state index contributed by atoms with van der Waals surface area (Å²) in [6.45, 7) is 4.22. The number of carbonyl (C=O) groups is 2. The Labute approximate surface area is 84.6 Å². The second-order valence-corrected chi connectivity index (χ2v) is 3.22. The van der Waals surface area contributed by atoms with Crippen LogP contribution in [0.15, 0.2) is 0 Å². The van der Waals surface area contributed by atoms with Crippen molar-refractivity contribution in [2.45, 2.75) is 26.3 Å². The number of hydrogen-bond donors (Lipinski definition) is 2. The third kappa shape index (κ3) is 4.23. The first-order chi connectivity index (χ1) is 6.52. The molecule has 0 rings (SSSR count). The lowest BCUT2D eigenvalue weighted by atomic mass is 10.3. The van der Waals surface area contributed by atoms with E-state index in [-0.39, 0.29) is 18.4 Å². The first-order valence-electron chi connectivity index (χ1n) is 4.77. The van der Waals surface area contributed by atoms with Crippen molar-refractivity contribution in [1.29, 1.82) is 0 Å². The third-order valence-electron chi connectivity index (χ3n) is 1.81. The zero-order valence-corrected chi connectivity index (χ0v) is 9.04. The predicted molar refractivity (Wildman–Crippen MR) is 54.6 cm³/mol. The van der Waals surface area contributed by atoms with Gasteiger partial charge in [-0.2, -0.15) is 0 Å². The highest BCUT2D eigenvalue weighted by atomic mass is 16.2. The monoisotopic (exact) mass is 201 g/mol. The number of nitrogens with zero attached hydrogens (tertiary/aromatic N) is 1. The van der Waals surface area contributed by atoms with E-state index in [9.17, 15) is 9.59 Å². The normalized spacial score (nSPS) is 12.0. The Bertz CT molecular complexity index is 204. The van der Waals surface area contributed by atoms with Crippen LogP contribution in [-0.4, -0.2) is 42.9 Å². The van der Waals surface area contributed by atoms with E-state index < -0.39 is 6.04 Å². The fourth-order valence-electron chi connectivity index (χ4n) is 1.08. The molecule has 1 unspecified atom stereocenters. The number of rotatable bonds is 5. The molecule has 5 nitrogen and oxygen atoms in total. The summed E-state index contributed by atoms with van der Waals surface area (Å²) in [5.74, 6) is -0.358. The van der Waals surface area contributed by atoms with Gasteiger partial charge < -0.3 is 16.0 Å². The van der Waals surface area contributed by atoms with Crippen LogP contribution in [0.5, 0.6) is 0 Å². The Hall–Kier alpha value is -1.10. The summed E-state index contributed by atoms with van der Waals surface area (Å²) in [4.78, 5) is 24.1. The third-order valence-corrected chi connectivity index (χ3v) is 1.81. The van der Waals surface area contributed by atoms with Crippen LogP contribution in [0, 0.1) is 0 Å². The highest BCUT2D eigenvalue weighted by molar-refractivity contribution is 5.87. The Morgan fingerprint density at radius 2 is 2.07 bits per heavy atom. The Morgan fingerprint density at radius 1 is 1.50 bits per heavy atom. The van der Waals surface area contributed by atoms with Crippen LogP contribution in [0.1, 0.15) is 20.3 Å². The van der Waals surface area contributed by atoms with Crippen LogP contribution in [0.3, 0.4) is 0 Å². The molecular weight excluding hydrogens is 182 g/mol. The number of hydrogen-bond acceptors (Lipinski definition) is 3. The van der Waals surface area contributed by atoms with Crippen LogP contribution in [0.4, 0.5) is 0 Å². The topological polar surface area (TPSA) is 75.4 Å². The molecule has 0 saturated heterocycles. The second kappa shape index (κ2) is 6.37. The molecule has 0 aliphatic rings. The lowest BCUT2D eigenvalue weighted by molar-refractivity contribution is -0.136. The van der Waals surface area contributed by atoms with Crippen LogP contribution >= 0.6 is 0 Å². The maximum atomic E-state index is 11.5. The lowest BCUT2D eigenvalue weighted by Crippen LogP contribution is -2.46. The van der Waals surface area contributed by atoms with Gasteiger partial charge in [-0.15, -0.1) is 0 Å². The molecule has 0 spiro atoms. The predicted octanol–water partition coefficient (Wildman–Crippen LogP) is -0.682. The molecule has 0 bridgehead atoms. The molecule has 0 fully saturated rings. The molecule has 82 valence electrons. The summed E-state index contributed by atoms with van der Waals surface area (Å²) < 4.78 is 0. The minimum atomic E-state index is -0.550. The van der Waals surface area contributed by atoms with Gasteiger partial charge in [-0.3, -0.25) is 9.59 Å². The zero-order chi connectivity index (χ0) is 11.1. The molecule has 5 heteroatoms. The van der Waals surface area contributed by atoms with E-state index in [1.54, 1.807) is 14.0 Å². The van der Waals surface area contributed by atoms with E-state index in [0.29, 0.717) is 6.54 Å². The van der Waals surface area contributed by atoms with Crippen molar-refractivity contribution in [2.75, 3.05) is 20.1 Å². The van der Waals surface area contributed by atoms with Crippen molar-refractivity contribution < 1.29 is 9.59 Å². The van der Waals surface area contributed by atoms with Crippen LogP contribution < -0.4 is 11.1 Å². The molecular formula is C9H19N3O2. The van der Waals surface area contributed by atoms with Gasteiger partial charge in [0.05, 0.1) is 12.6 Å². The first kappa shape index (κ1) is 12.9. The van der Waals surface area contributed by atoms with E-state index in [4.69, 9.17) is 5.73 Å². The maximum Gasteiger partial charge on any atom is 0.239 e. The molecule has 2 amide bonds. The molecule has 0 radical (unpaired) electrons. The van der Waals surface area contributed by atoms with Crippen molar-refractivity contribution in [3.05, 3.63) is 0 Å². The fourth-order valence-corrected chi connectivity index (χ4v) is 1.08. The molecule has 0 heterocycles. The Morgan fingerprint density at radius 3 is 2.43 bits per heavy atom. The van der Waals surface area contributed by atoms with Gasteiger partial charge in [0, 0.05) is 13.6 Å². The fraction of sp³-hybridized carbons (Fsp3) is 0.778. The highest BCUT2D eigenvalue weighted by Gasteiger charge is 2.18. The van der Waals surface area contributed by atoms with Gasteiger partial charge >= 0.3 is 0 Å². The van der Waals surface area contributed by atoms with E-state index in [1.807, 2.05) is 6.92 Å². The van der Waals surface area contributed by atoms with E-state index in [0.717, 1.165) is 6.42 Å². The van der Waals surface area contributed by atoms with E-state index >= 15 is 0 Å². The molecule has 0 aromatic heterocycles. The molecule has 0 saturated carbocycles. The number of nitrogens with two attached hydrogens (primary N) is 1. The molecule has 0 aromatic rings. The van der Waals surface area contributed by atoms with Crippen LogP contribution in [0.25, 0.3) is 0 Å². The second-order valence-electron chi connectivity index (χ2n) is 3.22. The minimum Gasteiger partial charge on any atom is -0.358 e. The molecule has 0 aliphatic heterocycles. The molecule has 3 N–H and O–H groups in total. The van der Waals surface area contributed by atoms with Crippen molar-refractivity contribution >= 4 is 11.8 Å². The standard InChI is InChI=1S/C9H19N3O2/c1-4-5-12(6-8(13)11-3)9(14)7(2)10/h7H,4-6,10H2,1-3H3,(H,11,13). The summed E-state index contributed by atoms with van der Waals surface area (Å²) in [6, 6.07) is -0.550. The van der Waals surface area contributed by atoms with Gasteiger partial charge in [0.2, 0.25) is 11.8 Å². The van der Waals surface area contributed by atoms with Crippen LogP contribution in [0.2, 0.25) is 0 Å². The minimum absolute atomic E-state index is 0.0880. The number of nitrogens with one attached hydrogen (secondary N) is 1. The summed E-state index contributed by atoms with van der Waals surface area (Å²) >= 11 is 0. The summed E-state index contributed by atoms with van der Waals surface area (Å²) in [5, 5.41) is 2.47. The maximum absolute atomic E-state index is 11.5. The van der Waals surface area contributed by atoms with Gasteiger partial charge in [0.15, 0.2) is 0 Å². The Kier molecular flexibility index (Phi) is 5.87. The van der Waals surface area contributed by atoms with E-state index in [2.05, 4.69) is 5.32 Å². The van der Waals surface area contributed by atoms with Crippen molar-refractivity contribution in [3.63, 3.8) is 0 Å². The Balaban J connectivity index is 4.28. The van der Waals surface area contributed by atoms with Gasteiger partial charge in [-0.25, -0.2) is 0 Å². The molecule has 0 aromatic carbocycles. The first-order valence-corrected chi connectivity index (χ1v) is 4.77. The number of amides is 2. The molecule has 1 atom stereocenters. The van der Waals surface area contributed by atoms with Gasteiger partial charge in [0.25, 0.3) is 0 Å². The van der Waals surface area contributed by atoms with Crippen LogP contribution in [-0.2, 0) is 9.59 Å². The highest BCUT2D eigenvalue weighted by Crippen LogP contribution is 1.95. The van der Waals surface area contributed by atoms with Gasteiger partial charge in [-0.05, 0) is 13.3 Å². The average molecular weight is 201 g/mol. The summed E-state index contributed by atoms with van der Waals surface area (Å²) in [5.41, 5.74) is 5.46. The van der Waals surface area contributed by atoms with E-state index in [1.165, 1.54) is 4.90 Å². The smallest absolute Gasteiger partial charge is 0.239 e. The molecule has 14 heavy (non-hydrogen) atoms. The number of likely N-dealkylation sites (N-methyl/N-ethyl adjacent to an activating group) is 1. The van der Waals surface area contributed by atoms with Crippen molar-refractivity contribution in [3.8, 4) is 0 Å². The SMILES string of the molecule is CCCN(CC(=O)NC)C(=O)C(C)N. The van der Waals surface area contributed by atoms with Crippen molar-refractivity contribution in [1.82, 2.24) is 10.2 Å². The summed E-state index contributed by atoms with van der Waals surface area (Å²) in [7, 11) is 1.54. The van der Waals surface area contributed by atoms with Gasteiger partial charge in [-0.1, -0.05) is 6.92 Å². The number of carbonyl (C=O) groups excluding carboxylic acids is 2. The van der Waals surface area contributed by atoms with Crippen molar-refractivity contribution in [2.24, 2.45) is 5.73 Å². The van der Waals surface area contributed by atoms with Gasteiger partial charge in [0.1, 0.15) is 0 Å². The quantitative estimate of drug-likeness (QED) is 0.618. The molecule has 0 aliphatic carbocycles. The average Bonchev–Trinajstić information content (AvgIpc) is 2.15. The lowest BCUT2D eigenvalue weighted by Gasteiger charge is -2.22. The largest absolute Gasteiger partial charge is 0.358 e. The zero-order valence-electron chi connectivity index (χ0n) is 9.04.